The van der Waals surface area contributed by atoms with E-state index in [4.69, 9.17) is 14.2 Å². The summed E-state index contributed by atoms with van der Waals surface area (Å²) in [5, 5.41) is 0. The van der Waals surface area contributed by atoms with Crippen LogP contribution < -0.4 is 0 Å². The Hall–Kier alpha value is -0.120. The fourth-order valence-corrected chi connectivity index (χ4v) is 2.40. The van der Waals surface area contributed by atoms with E-state index < -0.39 is 0 Å². The molecule has 0 unspecified atom stereocenters. The molecular formula is C8H12O3. The summed E-state index contributed by atoms with van der Waals surface area (Å²) >= 11 is 0. The molecule has 11 heavy (non-hydrogen) atoms. The van der Waals surface area contributed by atoms with Gasteiger partial charge in [0.1, 0.15) is 0 Å². The number of epoxide rings is 1. The molecule has 2 heterocycles. The van der Waals surface area contributed by atoms with Gasteiger partial charge in [0.15, 0.2) is 6.29 Å². The molecule has 0 aromatic rings. The molecule has 0 bridgehead atoms. The second-order valence-corrected chi connectivity index (χ2v) is 3.61. The smallest absolute Gasteiger partial charge is 0.158 e. The van der Waals surface area contributed by atoms with Gasteiger partial charge >= 0.3 is 0 Å². The van der Waals surface area contributed by atoms with Crippen molar-refractivity contribution in [3.8, 4) is 0 Å². The minimum atomic E-state index is 0.0372. The van der Waals surface area contributed by atoms with Gasteiger partial charge in [0, 0.05) is 25.9 Å². The maximum absolute atomic E-state index is 5.63. The van der Waals surface area contributed by atoms with Gasteiger partial charge in [-0.1, -0.05) is 0 Å². The van der Waals surface area contributed by atoms with Gasteiger partial charge in [-0.2, -0.15) is 0 Å². The fraction of sp³-hybridized carbons (Fsp3) is 1.00. The van der Waals surface area contributed by atoms with Crippen molar-refractivity contribution in [3.05, 3.63) is 0 Å². The largest absolute Gasteiger partial charge is 0.369 e. The van der Waals surface area contributed by atoms with E-state index in [1.165, 1.54) is 0 Å². The Labute approximate surface area is 65.6 Å². The lowest BCUT2D eigenvalue weighted by molar-refractivity contribution is -0.117. The first-order valence-electron chi connectivity index (χ1n) is 4.22. The summed E-state index contributed by atoms with van der Waals surface area (Å²) in [4.78, 5) is 0. The van der Waals surface area contributed by atoms with Crippen LogP contribution in [0.3, 0.4) is 0 Å². The summed E-state index contributed by atoms with van der Waals surface area (Å²) < 4.78 is 16.2. The van der Waals surface area contributed by atoms with E-state index >= 15 is 0 Å². The van der Waals surface area contributed by atoms with Crippen LogP contribution in [-0.2, 0) is 14.2 Å². The van der Waals surface area contributed by atoms with Crippen LogP contribution in [0.1, 0.15) is 12.8 Å². The Morgan fingerprint density at radius 3 is 2.82 bits per heavy atom. The third kappa shape index (κ3) is 0.789. The van der Waals surface area contributed by atoms with Crippen LogP contribution in [0.5, 0.6) is 0 Å². The van der Waals surface area contributed by atoms with E-state index in [2.05, 4.69) is 0 Å². The van der Waals surface area contributed by atoms with E-state index in [1.807, 2.05) is 0 Å². The van der Waals surface area contributed by atoms with Crippen LogP contribution in [0.2, 0.25) is 0 Å². The Kier molecular flexibility index (Phi) is 1.15. The van der Waals surface area contributed by atoms with Gasteiger partial charge in [-0.3, -0.25) is 0 Å². The standard InChI is InChI=1S/C8H12O3/c1-9-7-2-4-5(10-7)3-6-8(4)11-6/h4-8H,2-3H2,1H3/t4-,5-,6+,7+,8-/m1/s1. The molecule has 0 N–H and O–H groups in total. The molecule has 3 rings (SSSR count). The van der Waals surface area contributed by atoms with Crippen molar-refractivity contribution in [2.45, 2.75) is 37.4 Å². The zero-order chi connectivity index (χ0) is 7.42. The van der Waals surface area contributed by atoms with Crippen LogP contribution in [0.15, 0.2) is 0 Å². The van der Waals surface area contributed by atoms with Crippen molar-refractivity contribution in [1.82, 2.24) is 0 Å². The summed E-state index contributed by atoms with van der Waals surface area (Å²) in [5.74, 6) is 0.630. The van der Waals surface area contributed by atoms with E-state index in [0.29, 0.717) is 24.2 Å². The molecule has 62 valence electrons. The number of fused-ring (bicyclic) bond motifs is 3. The van der Waals surface area contributed by atoms with Crippen molar-refractivity contribution in [3.63, 3.8) is 0 Å². The molecule has 0 aromatic carbocycles. The second kappa shape index (κ2) is 1.97. The van der Waals surface area contributed by atoms with Crippen LogP contribution in [-0.4, -0.2) is 31.7 Å². The van der Waals surface area contributed by atoms with Crippen molar-refractivity contribution in [2.24, 2.45) is 5.92 Å². The van der Waals surface area contributed by atoms with Gasteiger partial charge in [-0.15, -0.1) is 0 Å². The van der Waals surface area contributed by atoms with Crippen molar-refractivity contribution >= 4 is 0 Å². The number of methoxy groups -OCH3 is 1. The van der Waals surface area contributed by atoms with Gasteiger partial charge in [0.2, 0.25) is 0 Å². The molecule has 1 aliphatic carbocycles. The summed E-state index contributed by atoms with van der Waals surface area (Å²) in [6.45, 7) is 0. The average molecular weight is 156 g/mol. The minimum absolute atomic E-state index is 0.0372. The third-order valence-electron chi connectivity index (χ3n) is 3.04. The van der Waals surface area contributed by atoms with E-state index in [1.54, 1.807) is 7.11 Å². The van der Waals surface area contributed by atoms with Crippen molar-refractivity contribution < 1.29 is 14.2 Å². The van der Waals surface area contributed by atoms with E-state index in [9.17, 15) is 0 Å². The van der Waals surface area contributed by atoms with Gasteiger partial charge in [0.25, 0.3) is 0 Å². The highest BCUT2D eigenvalue weighted by molar-refractivity contribution is 5.05. The molecule has 3 nitrogen and oxygen atoms in total. The quantitative estimate of drug-likeness (QED) is 0.519. The summed E-state index contributed by atoms with van der Waals surface area (Å²) in [7, 11) is 1.71. The molecule has 5 atom stereocenters. The normalized spacial score (nSPS) is 59.2. The summed E-state index contributed by atoms with van der Waals surface area (Å²) in [6.07, 6.45) is 3.64. The monoisotopic (exact) mass is 156 g/mol. The lowest BCUT2D eigenvalue weighted by Gasteiger charge is -2.10. The van der Waals surface area contributed by atoms with Crippen LogP contribution in [0, 0.1) is 5.92 Å². The van der Waals surface area contributed by atoms with E-state index in [-0.39, 0.29) is 6.29 Å². The molecule has 3 fully saturated rings. The maximum Gasteiger partial charge on any atom is 0.158 e. The molecule has 2 saturated heterocycles. The first-order chi connectivity index (χ1) is 5.38. The van der Waals surface area contributed by atoms with Crippen LogP contribution in [0.4, 0.5) is 0 Å². The zero-order valence-electron chi connectivity index (χ0n) is 6.53. The highest BCUT2D eigenvalue weighted by Gasteiger charge is 2.59. The van der Waals surface area contributed by atoms with E-state index in [0.717, 1.165) is 12.8 Å². The molecule has 3 aliphatic rings. The number of ether oxygens (including phenoxy) is 3. The second-order valence-electron chi connectivity index (χ2n) is 3.61. The highest BCUT2D eigenvalue weighted by Crippen LogP contribution is 2.50. The van der Waals surface area contributed by atoms with Gasteiger partial charge in [-0.25, -0.2) is 0 Å². The Balaban J connectivity index is 1.73. The first kappa shape index (κ1) is 6.40. The third-order valence-corrected chi connectivity index (χ3v) is 3.04. The van der Waals surface area contributed by atoms with Crippen molar-refractivity contribution in [1.29, 1.82) is 0 Å². The topological polar surface area (TPSA) is 31.0 Å². The average Bonchev–Trinajstić information content (AvgIpc) is 2.55. The molecular weight excluding hydrogens is 144 g/mol. The van der Waals surface area contributed by atoms with Gasteiger partial charge in [-0.05, 0) is 0 Å². The molecule has 0 spiro atoms. The molecule has 0 aromatic heterocycles. The lowest BCUT2D eigenvalue weighted by atomic mass is 10.0. The molecule has 3 heteroatoms. The Morgan fingerprint density at radius 2 is 2.09 bits per heavy atom. The van der Waals surface area contributed by atoms with Crippen molar-refractivity contribution in [2.75, 3.05) is 7.11 Å². The Morgan fingerprint density at radius 1 is 1.18 bits per heavy atom. The number of hydrogen-bond acceptors (Lipinski definition) is 3. The summed E-state index contributed by atoms with van der Waals surface area (Å²) in [5.41, 5.74) is 0. The SMILES string of the molecule is CO[C@@H]1C[C@H]2[C@H]3O[C@H]3C[C@H]2O1. The van der Waals surface area contributed by atoms with Gasteiger partial charge < -0.3 is 14.2 Å². The number of rotatable bonds is 1. The Bertz CT molecular complexity index is 182. The number of hydrogen-bond donors (Lipinski definition) is 0. The predicted octanol–water partition coefficient (Wildman–Crippen LogP) is 0.535. The minimum Gasteiger partial charge on any atom is -0.369 e. The lowest BCUT2D eigenvalue weighted by Crippen LogP contribution is -2.14. The maximum atomic E-state index is 5.63. The zero-order valence-corrected chi connectivity index (χ0v) is 6.53. The molecule has 0 radical (unpaired) electrons. The molecule has 1 saturated carbocycles. The van der Waals surface area contributed by atoms with Gasteiger partial charge in [0.05, 0.1) is 18.3 Å². The van der Waals surface area contributed by atoms with Crippen LogP contribution >= 0.6 is 0 Å². The molecule has 2 aliphatic heterocycles. The molecule has 0 amide bonds. The highest BCUT2D eigenvalue weighted by atomic mass is 16.7. The summed E-state index contributed by atoms with van der Waals surface area (Å²) in [6, 6.07) is 0. The first-order valence-corrected chi connectivity index (χ1v) is 4.22. The fourth-order valence-electron chi connectivity index (χ4n) is 2.40. The van der Waals surface area contributed by atoms with Crippen LogP contribution in [0.25, 0.3) is 0 Å². The predicted molar refractivity (Wildman–Crippen MR) is 37.1 cm³/mol.